The van der Waals surface area contributed by atoms with Crippen molar-refractivity contribution in [2.75, 3.05) is 13.6 Å². The number of benzene rings is 1. The number of aromatic nitrogens is 2. The van der Waals surface area contributed by atoms with Crippen LogP contribution in [0.4, 0.5) is 0 Å². The zero-order valence-electron chi connectivity index (χ0n) is 13.6. The second kappa shape index (κ2) is 6.65. The molecule has 1 N–H and O–H groups in total. The van der Waals surface area contributed by atoms with Gasteiger partial charge in [-0.25, -0.2) is 4.98 Å². The molecule has 126 valence electrons. The van der Waals surface area contributed by atoms with Gasteiger partial charge in [0, 0.05) is 44.5 Å². The molecule has 2 amide bonds. The van der Waals surface area contributed by atoms with E-state index in [0.29, 0.717) is 11.6 Å². The predicted octanol–water partition coefficient (Wildman–Crippen LogP) is 1.76. The van der Waals surface area contributed by atoms with Crippen LogP contribution in [0, 0.1) is 5.92 Å². The average Bonchev–Trinajstić information content (AvgIpc) is 3.12. The van der Waals surface area contributed by atoms with Crippen LogP contribution in [0.25, 0.3) is 0 Å². The number of nitrogens with zero attached hydrogens (tertiary/aromatic N) is 3. The van der Waals surface area contributed by atoms with Gasteiger partial charge < -0.3 is 14.8 Å². The van der Waals surface area contributed by atoms with E-state index in [2.05, 4.69) is 10.3 Å². The molecule has 0 bridgehead atoms. The van der Waals surface area contributed by atoms with E-state index in [1.165, 1.54) is 0 Å². The highest BCUT2D eigenvalue weighted by Gasteiger charge is 2.34. The van der Waals surface area contributed by atoms with Crippen molar-refractivity contribution >= 4 is 23.4 Å². The van der Waals surface area contributed by atoms with E-state index in [1.807, 2.05) is 29.9 Å². The van der Waals surface area contributed by atoms with Gasteiger partial charge in [0.15, 0.2) is 0 Å². The third-order valence-corrected chi connectivity index (χ3v) is 4.57. The Bertz CT molecular complexity index is 756. The maximum Gasteiger partial charge on any atom is 0.226 e. The zero-order chi connectivity index (χ0) is 17.3. The predicted molar refractivity (Wildman–Crippen MR) is 90.4 cm³/mol. The Morgan fingerprint density at radius 3 is 2.58 bits per heavy atom. The summed E-state index contributed by atoms with van der Waals surface area (Å²) in [6.45, 7) is 0.443. The van der Waals surface area contributed by atoms with Crippen LogP contribution in [0.2, 0.25) is 5.02 Å². The molecule has 1 fully saturated rings. The SMILES string of the molecule is CN1C[C@H](C(=O)N[C@H](c2ccc(Cl)cc2)c2nccn2C)CC1=O. The van der Waals surface area contributed by atoms with Gasteiger partial charge in [0.1, 0.15) is 11.9 Å². The smallest absolute Gasteiger partial charge is 0.226 e. The first-order valence-electron chi connectivity index (χ1n) is 7.72. The Morgan fingerprint density at radius 2 is 2.04 bits per heavy atom. The lowest BCUT2D eigenvalue weighted by Gasteiger charge is -2.21. The molecule has 1 saturated heterocycles. The maximum absolute atomic E-state index is 12.6. The molecule has 1 aliphatic heterocycles. The Hall–Kier alpha value is -2.34. The summed E-state index contributed by atoms with van der Waals surface area (Å²) in [6.07, 6.45) is 3.77. The summed E-state index contributed by atoms with van der Waals surface area (Å²) >= 11 is 5.96. The van der Waals surface area contributed by atoms with Crippen molar-refractivity contribution in [3.63, 3.8) is 0 Å². The van der Waals surface area contributed by atoms with Crippen LogP contribution in [0.1, 0.15) is 23.9 Å². The molecule has 6 nitrogen and oxygen atoms in total. The molecule has 1 aliphatic rings. The lowest BCUT2D eigenvalue weighted by molar-refractivity contribution is -0.128. The zero-order valence-corrected chi connectivity index (χ0v) is 14.3. The lowest BCUT2D eigenvalue weighted by atomic mass is 10.0. The van der Waals surface area contributed by atoms with Gasteiger partial charge in [-0.15, -0.1) is 0 Å². The number of halogens is 1. The summed E-state index contributed by atoms with van der Waals surface area (Å²) < 4.78 is 1.87. The molecule has 0 saturated carbocycles. The summed E-state index contributed by atoms with van der Waals surface area (Å²) in [4.78, 5) is 30.3. The molecule has 3 rings (SSSR count). The minimum Gasteiger partial charge on any atom is -0.345 e. The number of imidazole rings is 1. The molecule has 0 unspecified atom stereocenters. The minimum atomic E-state index is -0.393. The average molecular weight is 347 g/mol. The molecule has 1 aromatic carbocycles. The number of rotatable bonds is 4. The molecule has 0 radical (unpaired) electrons. The number of hydrogen-bond acceptors (Lipinski definition) is 3. The number of nitrogens with one attached hydrogen (secondary N) is 1. The van der Waals surface area contributed by atoms with Crippen molar-refractivity contribution in [1.82, 2.24) is 19.8 Å². The van der Waals surface area contributed by atoms with Crippen LogP contribution in [0.3, 0.4) is 0 Å². The van der Waals surface area contributed by atoms with Crippen LogP contribution in [-0.2, 0) is 16.6 Å². The monoisotopic (exact) mass is 346 g/mol. The summed E-state index contributed by atoms with van der Waals surface area (Å²) in [5.74, 6) is 0.242. The van der Waals surface area contributed by atoms with Crippen molar-refractivity contribution in [2.45, 2.75) is 12.5 Å². The van der Waals surface area contributed by atoms with Gasteiger partial charge in [0.05, 0.1) is 5.92 Å². The fraction of sp³-hybridized carbons (Fsp3) is 0.353. The number of hydrogen-bond donors (Lipinski definition) is 1. The molecule has 2 atom stereocenters. The number of carbonyl (C=O) groups is 2. The second-order valence-electron chi connectivity index (χ2n) is 6.06. The second-order valence-corrected chi connectivity index (χ2v) is 6.50. The van der Waals surface area contributed by atoms with E-state index >= 15 is 0 Å². The molecule has 0 spiro atoms. The number of likely N-dealkylation sites (tertiary alicyclic amines) is 1. The molecule has 2 aromatic rings. The van der Waals surface area contributed by atoms with Gasteiger partial charge in [-0.05, 0) is 17.7 Å². The Kier molecular flexibility index (Phi) is 4.57. The van der Waals surface area contributed by atoms with Gasteiger partial charge in [0.25, 0.3) is 0 Å². The van der Waals surface area contributed by atoms with E-state index in [-0.39, 0.29) is 24.2 Å². The summed E-state index contributed by atoms with van der Waals surface area (Å²) in [5, 5.41) is 3.67. The van der Waals surface area contributed by atoms with Gasteiger partial charge >= 0.3 is 0 Å². The molecule has 7 heteroatoms. The van der Waals surface area contributed by atoms with Crippen LogP contribution in [0.5, 0.6) is 0 Å². The molecule has 24 heavy (non-hydrogen) atoms. The van der Waals surface area contributed by atoms with Crippen molar-refractivity contribution < 1.29 is 9.59 Å². The van der Waals surface area contributed by atoms with Crippen LogP contribution in [-0.4, -0.2) is 39.9 Å². The van der Waals surface area contributed by atoms with E-state index in [4.69, 9.17) is 11.6 Å². The van der Waals surface area contributed by atoms with Gasteiger partial charge in [-0.1, -0.05) is 23.7 Å². The Morgan fingerprint density at radius 1 is 1.33 bits per heavy atom. The quantitative estimate of drug-likeness (QED) is 0.917. The number of carbonyl (C=O) groups excluding carboxylic acids is 2. The van der Waals surface area contributed by atoms with E-state index in [9.17, 15) is 9.59 Å². The van der Waals surface area contributed by atoms with E-state index < -0.39 is 6.04 Å². The molecule has 2 heterocycles. The van der Waals surface area contributed by atoms with Gasteiger partial charge in [-0.3, -0.25) is 9.59 Å². The van der Waals surface area contributed by atoms with Crippen molar-refractivity contribution in [3.05, 3.63) is 53.1 Å². The number of amides is 2. The third-order valence-electron chi connectivity index (χ3n) is 4.32. The summed E-state index contributed by atoms with van der Waals surface area (Å²) in [5.41, 5.74) is 0.889. The van der Waals surface area contributed by atoms with Gasteiger partial charge in [-0.2, -0.15) is 0 Å². The minimum absolute atomic E-state index is 0.00446. The third kappa shape index (κ3) is 3.28. The highest BCUT2D eigenvalue weighted by atomic mass is 35.5. The fourth-order valence-corrected chi connectivity index (χ4v) is 3.03. The summed E-state index contributed by atoms with van der Waals surface area (Å²) in [6, 6.07) is 6.91. The molecule has 0 aliphatic carbocycles. The van der Waals surface area contributed by atoms with Crippen LogP contribution >= 0.6 is 11.6 Å². The van der Waals surface area contributed by atoms with Crippen molar-refractivity contribution in [1.29, 1.82) is 0 Å². The normalized spacial score (nSPS) is 18.7. The van der Waals surface area contributed by atoms with Crippen molar-refractivity contribution in [2.24, 2.45) is 13.0 Å². The largest absolute Gasteiger partial charge is 0.345 e. The highest BCUT2D eigenvalue weighted by Crippen LogP contribution is 2.24. The molecule has 1 aromatic heterocycles. The fourth-order valence-electron chi connectivity index (χ4n) is 2.91. The standard InChI is InChI=1S/C17H19ClN4O2/c1-21-8-7-19-16(21)15(11-3-5-13(18)6-4-11)20-17(24)12-9-14(23)22(2)10-12/h3-8,12,15H,9-10H2,1-2H3,(H,20,24)/t12-,15-/m1/s1. The van der Waals surface area contributed by atoms with E-state index in [1.54, 1.807) is 30.3 Å². The summed E-state index contributed by atoms with van der Waals surface area (Å²) in [7, 11) is 3.59. The van der Waals surface area contributed by atoms with Crippen molar-refractivity contribution in [3.8, 4) is 0 Å². The Labute approximate surface area is 145 Å². The topological polar surface area (TPSA) is 67.2 Å². The first-order chi connectivity index (χ1) is 11.5. The lowest BCUT2D eigenvalue weighted by Crippen LogP contribution is -2.36. The maximum atomic E-state index is 12.6. The molecular weight excluding hydrogens is 328 g/mol. The molecular formula is C17H19ClN4O2. The van der Waals surface area contributed by atoms with Gasteiger partial charge in [0.2, 0.25) is 11.8 Å². The Balaban J connectivity index is 1.85. The first kappa shape index (κ1) is 16.5. The number of aryl methyl sites for hydroxylation is 1. The van der Waals surface area contributed by atoms with E-state index in [0.717, 1.165) is 11.4 Å². The first-order valence-corrected chi connectivity index (χ1v) is 8.10. The van der Waals surface area contributed by atoms with Crippen LogP contribution in [0.15, 0.2) is 36.7 Å². The van der Waals surface area contributed by atoms with Crippen LogP contribution < -0.4 is 5.32 Å². The highest BCUT2D eigenvalue weighted by molar-refractivity contribution is 6.30.